The summed E-state index contributed by atoms with van der Waals surface area (Å²) in [6, 6.07) is -3.57. The van der Waals surface area contributed by atoms with E-state index in [4.69, 9.17) is 0 Å². The highest BCUT2D eigenvalue weighted by molar-refractivity contribution is 7.91. The number of nitrogens with zero attached hydrogens (tertiary/aromatic N) is 1. The maximum absolute atomic E-state index is 14.3. The molecule has 2 unspecified atom stereocenters. The lowest BCUT2D eigenvalue weighted by Gasteiger charge is -2.40. The quantitative estimate of drug-likeness (QED) is 0.163. The number of carbonyl (C=O) groups excluding carboxylic acids is 5. The number of piperidine rings is 1. The minimum Gasteiger partial charge on any atom is -0.346 e. The van der Waals surface area contributed by atoms with Crippen LogP contribution in [0.3, 0.4) is 0 Å². The molecule has 0 aromatic rings. The third-order valence-electron chi connectivity index (χ3n) is 10.1. The van der Waals surface area contributed by atoms with E-state index in [2.05, 4.69) is 27.8 Å². The first-order chi connectivity index (χ1) is 21.3. The molecule has 0 spiro atoms. The Hall–Kier alpha value is -2.96. The predicted molar refractivity (Wildman–Crippen MR) is 176 cm³/mol. The number of urea groups is 1. The van der Waals surface area contributed by atoms with Crippen molar-refractivity contribution in [3.63, 3.8) is 0 Å². The van der Waals surface area contributed by atoms with Gasteiger partial charge in [-0.2, -0.15) is 0 Å². The lowest BCUT2D eigenvalue weighted by atomic mass is 9.83. The van der Waals surface area contributed by atoms with E-state index in [1.165, 1.54) is 11.0 Å². The summed E-state index contributed by atoms with van der Waals surface area (Å²) in [7, 11) is -3.38. The van der Waals surface area contributed by atoms with Gasteiger partial charge in [-0.1, -0.05) is 80.2 Å². The highest BCUT2D eigenvalue weighted by atomic mass is 32.2. The van der Waals surface area contributed by atoms with E-state index >= 15 is 0 Å². The first-order valence-electron chi connectivity index (χ1n) is 16.7. The molecular formula is C33H55N5O7S. The van der Waals surface area contributed by atoms with E-state index in [0.717, 1.165) is 19.3 Å². The summed E-state index contributed by atoms with van der Waals surface area (Å²) in [5.74, 6) is -2.77. The Kier molecular flexibility index (Phi) is 11.8. The molecule has 0 radical (unpaired) electrons. The van der Waals surface area contributed by atoms with Crippen LogP contribution in [0.15, 0.2) is 12.7 Å². The molecule has 3 aliphatic rings. The van der Waals surface area contributed by atoms with Crippen LogP contribution in [0.4, 0.5) is 4.79 Å². The lowest BCUT2D eigenvalue weighted by molar-refractivity contribution is -0.145. The molecule has 0 bridgehead atoms. The predicted octanol–water partition coefficient (Wildman–Crippen LogP) is 2.48. The summed E-state index contributed by atoms with van der Waals surface area (Å²) in [5, 5.41) is 11.0. The van der Waals surface area contributed by atoms with Crippen molar-refractivity contribution >= 4 is 39.4 Å². The molecule has 12 nitrogen and oxygen atoms in total. The van der Waals surface area contributed by atoms with Crippen LogP contribution in [-0.4, -0.2) is 91.1 Å². The van der Waals surface area contributed by atoms with Crippen molar-refractivity contribution in [3.05, 3.63) is 12.7 Å². The third kappa shape index (κ3) is 8.49. The number of rotatable bonds is 14. The molecular weight excluding hydrogens is 610 g/mol. The van der Waals surface area contributed by atoms with Crippen LogP contribution in [0.25, 0.3) is 0 Å². The van der Waals surface area contributed by atoms with Crippen molar-refractivity contribution in [2.45, 2.75) is 117 Å². The molecule has 1 saturated heterocycles. The summed E-state index contributed by atoms with van der Waals surface area (Å²) in [4.78, 5) is 68.6. The average Bonchev–Trinajstić information content (AvgIpc) is 3.28. The third-order valence-corrected chi connectivity index (χ3v) is 12.0. The monoisotopic (exact) mass is 665 g/mol. The summed E-state index contributed by atoms with van der Waals surface area (Å²) in [6.45, 7) is 17.0. The number of amides is 5. The van der Waals surface area contributed by atoms with Gasteiger partial charge in [0.05, 0.1) is 17.3 Å². The molecule has 5 amide bonds. The van der Waals surface area contributed by atoms with Crippen LogP contribution in [0.1, 0.15) is 93.4 Å². The van der Waals surface area contributed by atoms with Crippen LogP contribution in [0.5, 0.6) is 0 Å². The maximum atomic E-state index is 14.3. The zero-order chi connectivity index (χ0) is 34.7. The van der Waals surface area contributed by atoms with Gasteiger partial charge in [0.25, 0.3) is 5.91 Å². The highest BCUT2D eigenvalue weighted by Crippen LogP contribution is 2.65. The number of carbonyl (C=O) groups is 5. The Labute approximate surface area is 274 Å². The van der Waals surface area contributed by atoms with Crippen LogP contribution < -0.4 is 21.3 Å². The number of nitrogens with one attached hydrogen (secondary N) is 4. The molecule has 0 aromatic heterocycles. The van der Waals surface area contributed by atoms with Gasteiger partial charge in [-0.25, -0.2) is 13.2 Å². The normalized spacial score (nSPS) is 24.5. The highest BCUT2D eigenvalue weighted by Gasteiger charge is 2.70. The molecule has 260 valence electrons. The molecule has 1 heterocycles. The number of sulfone groups is 1. The number of Topliss-reactive ketones (excluding diaryl/α,β-unsaturated/α-hetero) is 1. The maximum Gasteiger partial charge on any atom is 0.315 e. The van der Waals surface area contributed by atoms with Gasteiger partial charge in [0.15, 0.2) is 9.84 Å². The van der Waals surface area contributed by atoms with Crippen molar-refractivity contribution in [1.82, 2.24) is 26.2 Å². The summed E-state index contributed by atoms with van der Waals surface area (Å²) < 4.78 is 25.3. The molecule has 2 saturated carbocycles. The van der Waals surface area contributed by atoms with E-state index in [1.54, 1.807) is 6.92 Å². The number of fused-ring (bicyclic) bond motifs is 1. The van der Waals surface area contributed by atoms with Crippen LogP contribution in [0, 0.1) is 22.7 Å². The largest absolute Gasteiger partial charge is 0.346 e. The van der Waals surface area contributed by atoms with Crippen LogP contribution >= 0.6 is 0 Å². The summed E-state index contributed by atoms with van der Waals surface area (Å²) in [6.07, 6.45) is 5.87. The van der Waals surface area contributed by atoms with Crippen molar-refractivity contribution in [2.24, 2.45) is 22.7 Å². The van der Waals surface area contributed by atoms with E-state index in [1.807, 2.05) is 41.5 Å². The fourth-order valence-corrected chi connectivity index (χ4v) is 8.72. The first kappa shape index (κ1) is 37.5. The van der Waals surface area contributed by atoms with Gasteiger partial charge in [-0.05, 0) is 41.9 Å². The lowest BCUT2D eigenvalue weighted by Crippen LogP contribution is -2.64. The molecule has 2 aliphatic carbocycles. The Bertz CT molecular complexity index is 1300. The molecule has 3 fully saturated rings. The topological polar surface area (TPSA) is 171 Å². The molecule has 5 atom stereocenters. The Morgan fingerprint density at radius 2 is 1.65 bits per heavy atom. The smallest absolute Gasteiger partial charge is 0.315 e. The van der Waals surface area contributed by atoms with Gasteiger partial charge in [-0.3, -0.25) is 19.2 Å². The van der Waals surface area contributed by atoms with Crippen LogP contribution in [-0.2, 0) is 29.0 Å². The zero-order valence-electron chi connectivity index (χ0n) is 28.7. The van der Waals surface area contributed by atoms with Gasteiger partial charge >= 0.3 is 6.03 Å². The standard InChI is InChI=1S/C33H55N5O7S/c1-9-15-22(25(39)28(41)34-18-10-2)35-27(40)24-23-21(32(23,7)8)19-38(24)29(42)26(31(4,5)6)36-30(43)37-33(16-13-12-14-17-33)20-46(44,45)11-3/h10,21-24,26H,2,9,11-20H2,1,3-8H3,(H,34,41)(H,35,40)(H2,36,37,43)/t21-,22?,23?,24-,26+/m0/s1. The van der Waals surface area contributed by atoms with E-state index in [0.29, 0.717) is 25.8 Å². The average molecular weight is 666 g/mol. The second-order valence-electron chi connectivity index (χ2n) is 15.0. The van der Waals surface area contributed by atoms with Crippen molar-refractivity contribution < 1.29 is 32.4 Å². The van der Waals surface area contributed by atoms with Gasteiger partial charge in [0.1, 0.15) is 12.1 Å². The molecule has 4 N–H and O–H groups in total. The fraction of sp³-hybridized carbons (Fsp3) is 0.788. The minimum atomic E-state index is -3.38. The van der Waals surface area contributed by atoms with E-state index in [-0.39, 0.29) is 41.7 Å². The minimum absolute atomic E-state index is 0.0253. The van der Waals surface area contributed by atoms with E-state index in [9.17, 15) is 32.4 Å². The molecule has 46 heavy (non-hydrogen) atoms. The molecule has 0 aromatic carbocycles. The Morgan fingerprint density at radius 3 is 2.20 bits per heavy atom. The zero-order valence-corrected chi connectivity index (χ0v) is 29.5. The summed E-state index contributed by atoms with van der Waals surface area (Å²) >= 11 is 0. The van der Waals surface area contributed by atoms with Crippen molar-refractivity contribution in [1.29, 1.82) is 0 Å². The van der Waals surface area contributed by atoms with Gasteiger partial charge in [-0.15, -0.1) is 6.58 Å². The number of hydrogen-bond donors (Lipinski definition) is 4. The number of likely N-dealkylation sites (tertiary alicyclic amines) is 1. The summed E-state index contributed by atoms with van der Waals surface area (Å²) in [5.41, 5.74) is -1.87. The molecule has 13 heteroatoms. The Balaban J connectivity index is 1.84. The van der Waals surface area contributed by atoms with Gasteiger partial charge < -0.3 is 26.2 Å². The second kappa shape index (κ2) is 14.4. The van der Waals surface area contributed by atoms with Gasteiger partial charge in [0, 0.05) is 18.8 Å². The van der Waals surface area contributed by atoms with E-state index < -0.39 is 68.5 Å². The SMILES string of the molecule is C=CCNC(=O)C(=O)C(CCC)NC(=O)[C@@H]1C2[C@H](CN1C(=O)[C@@H](NC(=O)NC1(CS(=O)(=O)CC)CCCCC1)C(C)(C)C)C2(C)C. The number of hydrogen-bond acceptors (Lipinski definition) is 7. The second-order valence-corrected chi connectivity index (χ2v) is 17.4. The molecule has 1 aliphatic heterocycles. The molecule has 3 rings (SSSR count). The van der Waals surface area contributed by atoms with Crippen molar-refractivity contribution in [3.8, 4) is 0 Å². The fourth-order valence-electron chi connectivity index (χ4n) is 7.32. The Morgan fingerprint density at radius 1 is 1.02 bits per heavy atom. The van der Waals surface area contributed by atoms with Crippen LogP contribution in [0.2, 0.25) is 0 Å². The number of ketones is 1. The first-order valence-corrected chi connectivity index (χ1v) is 18.5. The van der Waals surface area contributed by atoms with Gasteiger partial charge in [0.2, 0.25) is 17.6 Å². The van der Waals surface area contributed by atoms with Crippen molar-refractivity contribution in [2.75, 3.05) is 24.6 Å².